The smallest absolute Gasteiger partial charge is 0.323 e. The van der Waals surface area contributed by atoms with Gasteiger partial charge in [-0.2, -0.15) is 0 Å². The number of urea groups is 1. The molecule has 0 heterocycles. The summed E-state index contributed by atoms with van der Waals surface area (Å²) in [6.07, 6.45) is 0. The molecule has 0 saturated carbocycles. The SMILES string of the molecule is COc1ccc(NC(=O)Nc2ccc(C(C)C)cc2O)c(OC)c1. The molecule has 0 atom stereocenters. The number of phenols is 1. The Morgan fingerprint density at radius 2 is 1.67 bits per heavy atom. The molecule has 128 valence electrons. The van der Waals surface area contributed by atoms with Gasteiger partial charge in [-0.15, -0.1) is 0 Å². The summed E-state index contributed by atoms with van der Waals surface area (Å²) in [7, 11) is 3.06. The number of phenolic OH excluding ortho intramolecular Hbond substituents is 1. The second-order valence-electron chi connectivity index (χ2n) is 5.58. The Morgan fingerprint density at radius 3 is 2.25 bits per heavy atom. The number of ether oxygens (including phenoxy) is 2. The Bertz CT molecular complexity index is 729. The molecule has 2 amide bonds. The summed E-state index contributed by atoms with van der Waals surface area (Å²) in [5.41, 5.74) is 1.83. The number of amides is 2. The molecular weight excluding hydrogens is 308 g/mol. The third kappa shape index (κ3) is 4.10. The van der Waals surface area contributed by atoms with Gasteiger partial charge in [0.25, 0.3) is 0 Å². The first-order chi connectivity index (χ1) is 11.4. The number of nitrogens with one attached hydrogen (secondary N) is 2. The zero-order valence-corrected chi connectivity index (χ0v) is 14.2. The van der Waals surface area contributed by atoms with Gasteiger partial charge in [0.2, 0.25) is 0 Å². The van der Waals surface area contributed by atoms with Gasteiger partial charge in [-0.3, -0.25) is 0 Å². The summed E-state index contributed by atoms with van der Waals surface area (Å²) in [6.45, 7) is 4.06. The fourth-order valence-electron chi connectivity index (χ4n) is 2.19. The molecule has 0 spiro atoms. The summed E-state index contributed by atoms with van der Waals surface area (Å²) >= 11 is 0. The van der Waals surface area contributed by atoms with Gasteiger partial charge in [0.1, 0.15) is 17.2 Å². The summed E-state index contributed by atoms with van der Waals surface area (Å²) in [4.78, 5) is 12.2. The lowest BCUT2D eigenvalue weighted by Crippen LogP contribution is -2.20. The summed E-state index contributed by atoms with van der Waals surface area (Å²) < 4.78 is 10.3. The largest absolute Gasteiger partial charge is 0.506 e. The van der Waals surface area contributed by atoms with Gasteiger partial charge >= 0.3 is 6.03 Å². The molecule has 0 saturated heterocycles. The van der Waals surface area contributed by atoms with Crippen molar-refractivity contribution < 1.29 is 19.4 Å². The number of methoxy groups -OCH3 is 2. The van der Waals surface area contributed by atoms with Crippen LogP contribution in [0.15, 0.2) is 36.4 Å². The maximum atomic E-state index is 12.2. The summed E-state index contributed by atoms with van der Waals surface area (Å²) in [5.74, 6) is 1.42. The van der Waals surface area contributed by atoms with Crippen molar-refractivity contribution in [2.45, 2.75) is 19.8 Å². The Morgan fingerprint density at radius 1 is 1.00 bits per heavy atom. The van der Waals surface area contributed by atoms with E-state index in [2.05, 4.69) is 10.6 Å². The average molecular weight is 330 g/mol. The number of carbonyl (C=O) groups excluding carboxylic acids is 1. The van der Waals surface area contributed by atoms with E-state index in [4.69, 9.17) is 9.47 Å². The molecule has 6 nitrogen and oxygen atoms in total. The molecule has 6 heteroatoms. The van der Waals surface area contributed by atoms with Crippen LogP contribution in [0, 0.1) is 0 Å². The molecule has 0 bridgehead atoms. The normalized spacial score (nSPS) is 10.4. The molecule has 2 aromatic rings. The quantitative estimate of drug-likeness (QED) is 0.719. The zero-order valence-electron chi connectivity index (χ0n) is 14.2. The van der Waals surface area contributed by atoms with Gasteiger partial charge < -0.3 is 25.2 Å². The van der Waals surface area contributed by atoms with Crippen LogP contribution in [0.25, 0.3) is 0 Å². The molecule has 0 aliphatic heterocycles. The molecule has 2 aromatic carbocycles. The van der Waals surface area contributed by atoms with Gasteiger partial charge in [-0.25, -0.2) is 4.79 Å². The number of hydrogen-bond acceptors (Lipinski definition) is 4. The van der Waals surface area contributed by atoms with Crippen LogP contribution < -0.4 is 20.1 Å². The first-order valence-corrected chi connectivity index (χ1v) is 7.57. The lowest BCUT2D eigenvalue weighted by molar-refractivity contribution is 0.262. The Hall–Kier alpha value is -2.89. The van der Waals surface area contributed by atoms with Crippen LogP contribution in [0.1, 0.15) is 25.3 Å². The van der Waals surface area contributed by atoms with E-state index in [0.29, 0.717) is 28.8 Å². The van der Waals surface area contributed by atoms with E-state index in [1.807, 2.05) is 19.9 Å². The van der Waals surface area contributed by atoms with Crippen LogP contribution in [0.5, 0.6) is 17.2 Å². The summed E-state index contributed by atoms with van der Waals surface area (Å²) in [5, 5.41) is 15.3. The molecule has 0 radical (unpaired) electrons. The number of benzene rings is 2. The van der Waals surface area contributed by atoms with Gasteiger partial charge in [0.15, 0.2) is 0 Å². The van der Waals surface area contributed by atoms with Crippen LogP contribution in [0.4, 0.5) is 16.2 Å². The maximum Gasteiger partial charge on any atom is 0.323 e. The van der Waals surface area contributed by atoms with Crippen LogP contribution in [-0.2, 0) is 0 Å². The van der Waals surface area contributed by atoms with Crippen molar-refractivity contribution in [1.82, 2.24) is 0 Å². The van der Waals surface area contributed by atoms with E-state index in [-0.39, 0.29) is 5.75 Å². The standard InChI is InChI=1S/C18H22N2O4/c1-11(2)12-5-7-14(16(21)9-12)19-18(22)20-15-8-6-13(23-3)10-17(15)24-4/h5-11,21H,1-4H3,(H2,19,20,22). The Kier molecular flexibility index (Phi) is 5.52. The fraction of sp³-hybridized carbons (Fsp3) is 0.278. The van der Waals surface area contributed by atoms with E-state index < -0.39 is 6.03 Å². The molecule has 2 rings (SSSR count). The highest BCUT2D eigenvalue weighted by atomic mass is 16.5. The van der Waals surface area contributed by atoms with Crippen molar-refractivity contribution in [3.05, 3.63) is 42.0 Å². The second-order valence-corrected chi connectivity index (χ2v) is 5.58. The van der Waals surface area contributed by atoms with Crippen LogP contribution in [0.3, 0.4) is 0 Å². The predicted molar refractivity (Wildman–Crippen MR) is 94.4 cm³/mol. The number of carbonyl (C=O) groups is 1. The topological polar surface area (TPSA) is 79.8 Å². The molecule has 0 aliphatic carbocycles. The van der Waals surface area contributed by atoms with Gasteiger partial charge in [0, 0.05) is 6.07 Å². The number of hydrogen-bond donors (Lipinski definition) is 3. The van der Waals surface area contributed by atoms with Gasteiger partial charge in [-0.05, 0) is 35.7 Å². The van der Waals surface area contributed by atoms with E-state index in [1.54, 1.807) is 37.4 Å². The van der Waals surface area contributed by atoms with Crippen molar-refractivity contribution in [3.63, 3.8) is 0 Å². The van der Waals surface area contributed by atoms with Crippen LogP contribution in [-0.4, -0.2) is 25.4 Å². The Balaban J connectivity index is 2.11. The van der Waals surface area contributed by atoms with Crippen molar-refractivity contribution >= 4 is 17.4 Å². The fourth-order valence-corrected chi connectivity index (χ4v) is 2.19. The van der Waals surface area contributed by atoms with Crippen molar-refractivity contribution in [2.75, 3.05) is 24.9 Å². The van der Waals surface area contributed by atoms with Crippen LogP contribution in [0.2, 0.25) is 0 Å². The monoisotopic (exact) mass is 330 g/mol. The van der Waals surface area contributed by atoms with Crippen molar-refractivity contribution in [1.29, 1.82) is 0 Å². The van der Waals surface area contributed by atoms with Crippen molar-refractivity contribution in [2.24, 2.45) is 0 Å². The first kappa shape index (κ1) is 17.5. The highest BCUT2D eigenvalue weighted by Crippen LogP contribution is 2.30. The lowest BCUT2D eigenvalue weighted by Gasteiger charge is -2.14. The van der Waals surface area contributed by atoms with E-state index in [1.165, 1.54) is 7.11 Å². The first-order valence-electron chi connectivity index (χ1n) is 7.57. The lowest BCUT2D eigenvalue weighted by atomic mass is 10.0. The van der Waals surface area contributed by atoms with E-state index in [9.17, 15) is 9.90 Å². The molecule has 0 aromatic heterocycles. The minimum Gasteiger partial charge on any atom is -0.506 e. The predicted octanol–water partition coefficient (Wildman–Crippen LogP) is 4.18. The molecule has 3 N–H and O–H groups in total. The molecule has 24 heavy (non-hydrogen) atoms. The van der Waals surface area contributed by atoms with Gasteiger partial charge in [0.05, 0.1) is 25.6 Å². The number of anilines is 2. The molecule has 0 fully saturated rings. The Labute approximate surface area is 141 Å². The third-order valence-corrected chi connectivity index (χ3v) is 3.59. The zero-order chi connectivity index (χ0) is 17.7. The highest BCUT2D eigenvalue weighted by Gasteiger charge is 2.11. The number of aromatic hydroxyl groups is 1. The maximum absolute atomic E-state index is 12.2. The second kappa shape index (κ2) is 7.59. The average Bonchev–Trinajstić information content (AvgIpc) is 2.56. The minimum atomic E-state index is -0.480. The molecular formula is C18H22N2O4. The van der Waals surface area contributed by atoms with Crippen LogP contribution >= 0.6 is 0 Å². The van der Waals surface area contributed by atoms with E-state index in [0.717, 1.165) is 5.56 Å². The highest BCUT2D eigenvalue weighted by molar-refractivity contribution is 6.01. The number of rotatable bonds is 5. The third-order valence-electron chi connectivity index (χ3n) is 3.59. The molecule has 0 unspecified atom stereocenters. The van der Waals surface area contributed by atoms with Crippen molar-refractivity contribution in [3.8, 4) is 17.2 Å². The summed E-state index contributed by atoms with van der Waals surface area (Å²) in [6, 6.07) is 9.78. The van der Waals surface area contributed by atoms with Gasteiger partial charge in [-0.1, -0.05) is 19.9 Å². The molecule has 0 aliphatic rings. The van der Waals surface area contributed by atoms with E-state index >= 15 is 0 Å². The minimum absolute atomic E-state index is 0.0260.